The van der Waals surface area contributed by atoms with Gasteiger partial charge in [0.1, 0.15) is 11.4 Å². The summed E-state index contributed by atoms with van der Waals surface area (Å²) in [5.41, 5.74) is 1.60. The largest absolute Gasteiger partial charge is 0.508 e. The van der Waals surface area contributed by atoms with Crippen LogP contribution in [0.15, 0.2) is 36.5 Å². The van der Waals surface area contributed by atoms with Gasteiger partial charge in [-0.1, -0.05) is 23.7 Å². The van der Waals surface area contributed by atoms with E-state index in [9.17, 15) is 4.79 Å². The lowest BCUT2D eigenvalue weighted by Gasteiger charge is -2.06. The predicted molar refractivity (Wildman–Crippen MR) is 74.6 cm³/mol. The number of benzene rings is 1. The number of aromatic hydroxyl groups is 1. The predicted octanol–water partition coefficient (Wildman–Crippen LogP) is 2.36. The van der Waals surface area contributed by atoms with Gasteiger partial charge in [-0.05, 0) is 30.2 Å². The summed E-state index contributed by atoms with van der Waals surface area (Å²) in [5.74, 6) is 0.0967. The molecule has 1 heterocycles. The van der Waals surface area contributed by atoms with Gasteiger partial charge >= 0.3 is 0 Å². The van der Waals surface area contributed by atoms with Crippen molar-refractivity contribution in [3.63, 3.8) is 0 Å². The summed E-state index contributed by atoms with van der Waals surface area (Å²) in [6.45, 7) is 0.534. The van der Waals surface area contributed by atoms with E-state index in [-0.39, 0.29) is 11.7 Å². The Bertz CT molecular complexity index is 576. The average Bonchev–Trinajstić information content (AvgIpc) is 2.71. The van der Waals surface area contributed by atoms with Crippen molar-refractivity contribution in [3.05, 3.63) is 52.8 Å². The molecule has 2 rings (SSSR count). The fraction of sp³-hybridized carbons (Fsp3) is 0.214. The number of hydrogen-bond acceptors (Lipinski definition) is 2. The summed E-state index contributed by atoms with van der Waals surface area (Å²) in [5, 5.41) is 12.5. The van der Waals surface area contributed by atoms with E-state index in [0.29, 0.717) is 23.7 Å². The molecule has 0 bridgehead atoms. The Morgan fingerprint density at radius 2 is 2.05 bits per heavy atom. The molecular formula is C14H15ClN2O2. The quantitative estimate of drug-likeness (QED) is 0.902. The number of aromatic nitrogens is 1. The number of nitrogens with zero attached hydrogens (tertiary/aromatic N) is 1. The van der Waals surface area contributed by atoms with Gasteiger partial charge in [-0.2, -0.15) is 0 Å². The molecular weight excluding hydrogens is 264 g/mol. The maximum absolute atomic E-state index is 11.9. The molecule has 2 aromatic rings. The molecule has 0 spiro atoms. The molecule has 0 saturated carbocycles. The van der Waals surface area contributed by atoms with Crippen LogP contribution in [0.5, 0.6) is 5.75 Å². The van der Waals surface area contributed by atoms with Crippen molar-refractivity contribution in [1.29, 1.82) is 0 Å². The number of phenols is 1. The van der Waals surface area contributed by atoms with Crippen LogP contribution in [-0.4, -0.2) is 22.1 Å². The van der Waals surface area contributed by atoms with E-state index in [1.54, 1.807) is 36.0 Å². The molecule has 0 atom stereocenters. The SMILES string of the molecule is Cn1cc(Cl)cc1C(=O)NCCc1ccc(O)cc1. The van der Waals surface area contributed by atoms with Crippen LogP contribution in [0.4, 0.5) is 0 Å². The molecule has 19 heavy (non-hydrogen) atoms. The molecule has 0 saturated heterocycles. The van der Waals surface area contributed by atoms with Crippen LogP contribution in [0.1, 0.15) is 16.1 Å². The van der Waals surface area contributed by atoms with Gasteiger partial charge in [0.15, 0.2) is 0 Å². The molecule has 0 unspecified atom stereocenters. The number of carbonyl (C=O) groups excluding carboxylic acids is 1. The third kappa shape index (κ3) is 3.51. The lowest BCUT2D eigenvalue weighted by Crippen LogP contribution is -2.27. The minimum absolute atomic E-state index is 0.145. The second kappa shape index (κ2) is 5.80. The van der Waals surface area contributed by atoms with E-state index >= 15 is 0 Å². The fourth-order valence-corrected chi connectivity index (χ4v) is 2.07. The molecule has 0 aliphatic heterocycles. The number of amides is 1. The smallest absolute Gasteiger partial charge is 0.267 e. The standard InChI is InChI=1S/C14H15ClN2O2/c1-17-9-11(15)8-13(17)14(19)16-7-6-10-2-4-12(18)5-3-10/h2-5,8-9,18H,6-7H2,1H3,(H,16,19). The van der Waals surface area contributed by atoms with Crippen LogP contribution in [-0.2, 0) is 13.5 Å². The van der Waals surface area contributed by atoms with Crippen molar-refractivity contribution in [3.8, 4) is 5.75 Å². The lowest BCUT2D eigenvalue weighted by molar-refractivity contribution is 0.0946. The molecule has 1 aromatic carbocycles. The first-order valence-corrected chi connectivity index (χ1v) is 6.32. The highest BCUT2D eigenvalue weighted by atomic mass is 35.5. The number of hydrogen-bond donors (Lipinski definition) is 2. The Labute approximate surface area is 116 Å². The van der Waals surface area contributed by atoms with Gasteiger partial charge in [-0.15, -0.1) is 0 Å². The summed E-state index contributed by atoms with van der Waals surface area (Å²) in [6.07, 6.45) is 2.40. The van der Waals surface area contributed by atoms with Crippen molar-refractivity contribution >= 4 is 17.5 Å². The summed E-state index contributed by atoms with van der Waals surface area (Å²) in [6, 6.07) is 8.57. The van der Waals surface area contributed by atoms with E-state index in [0.717, 1.165) is 5.56 Å². The molecule has 100 valence electrons. The van der Waals surface area contributed by atoms with E-state index in [4.69, 9.17) is 16.7 Å². The number of carbonyl (C=O) groups is 1. The molecule has 1 amide bonds. The molecule has 1 aromatic heterocycles. The Hall–Kier alpha value is -1.94. The van der Waals surface area contributed by atoms with Crippen LogP contribution < -0.4 is 5.32 Å². The Balaban J connectivity index is 1.87. The third-order valence-corrected chi connectivity index (χ3v) is 3.05. The highest BCUT2D eigenvalue weighted by Crippen LogP contribution is 2.13. The maximum Gasteiger partial charge on any atom is 0.267 e. The minimum Gasteiger partial charge on any atom is -0.508 e. The summed E-state index contributed by atoms with van der Waals surface area (Å²) in [4.78, 5) is 11.9. The minimum atomic E-state index is -0.145. The molecule has 0 radical (unpaired) electrons. The van der Waals surface area contributed by atoms with E-state index < -0.39 is 0 Å². The number of rotatable bonds is 4. The van der Waals surface area contributed by atoms with Crippen LogP contribution in [0, 0.1) is 0 Å². The third-order valence-electron chi connectivity index (χ3n) is 2.84. The molecule has 0 aliphatic carbocycles. The van der Waals surface area contributed by atoms with Crippen molar-refractivity contribution in [2.45, 2.75) is 6.42 Å². The topological polar surface area (TPSA) is 54.3 Å². The fourth-order valence-electron chi connectivity index (χ4n) is 1.82. The van der Waals surface area contributed by atoms with Crippen molar-refractivity contribution in [2.75, 3.05) is 6.54 Å². The molecule has 4 nitrogen and oxygen atoms in total. The Morgan fingerprint density at radius 3 is 2.63 bits per heavy atom. The Morgan fingerprint density at radius 1 is 1.37 bits per heavy atom. The van der Waals surface area contributed by atoms with Gasteiger partial charge in [0.05, 0.1) is 5.02 Å². The van der Waals surface area contributed by atoms with Gasteiger partial charge in [0.25, 0.3) is 5.91 Å². The Kier molecular flexibility index (Phi) is 4.12. The number of halogens is 1. The first kappa shape index (κ1) is 13.5. The normalized spacial score (nSPS) is 10.4. The molecule has 0 fully saturated rings. The number of phenolic OH excluding ortho intramolecular Hbond substituents is 1. The van der Waals surface area contributed by atoms with Gasteiger partial charge in [0, 0.05) is 19.8 Å². The van der Waals surface area contributed by atoms with Crippen molar-refractivity contribution in [1.82, 2.24) is 9.88 Å². The monoisotopic (exact) mass is 278 g/mol. The van der Waals surface area contributed by atoms with Gasteiger partial charge < -0.3 is 15.0 Å². The summed E-state index contributed by atoms with van der Waals surface area (Å²) < 4.78 is 1.69. The average molecular weight is 279 g/mol. The van der Waals surface area contributed by atoms with Crippen LogP contribution in [0.3, 0.4) is 0 Å². The first-order chi connectivity index (χ1) is 9.06. The molecule has 0 aliphatic rings. The van der Waals surface area contributed by atoms with Gasteiger partial charge in [0.2, 0.25) is 0 Å². The second-order valence-electron chi connectivity index (χ2n) is 4.33. The van der Waals surface area contributed by atoms with E-state index in [1.165, 1.54) is 0 Å². The number of aryl methyl sites for hydroxylation is 1. The van der Waals surface area contributed by atoms with Gasteiger partial charge in [-0.3, -0.25) is 4.79 Å². The van der Waals surface area contributed by atoms with Crippen LogP contribution in [0.25, 0.3) is 0 Å². The molecule has 2 N–H and O–H groups in total. The van der Waals surface area contributed by atoms with E-state index in [1.807, 2.05) is 12.1 Å². The molecule has 5 heteroatoms. The zero-order chi connectivity index (χ0) is 13.8. The van der Waals surface area contributed by atoms with Crippen LogP contribution >= 0.6 is 11.6 Å². The van der Waals surface area contributed by atoms with Gasteiger partial charge in [-0.25, -0.2) is 0 Å². The highest BCUT2D eigenvalue weighted by molar-refractivity contribution is 6.31. The summed E-state index contributed by atoms with van der Waals surface area (Å²) in [7, 11) is 1.78. The first-order valence-electron chi connectivity index (χ1n) is 5.94. The second-order valence-corrected chi connectivity index (χ2v) is 4.76. The summed E-state index contributed by atoms with van der Waals surface area (Å²) >= 11 is 5.83. The number of nitrogens with one attached hydrogen (secondary N) is 1. The zero-order valence-electron chi connectivity index (χ0n) is 10.6. The van der Waals surface area contributed by atoms with E-state index in [2.05, 4.69) is 5.32 Å². The van der Waals surface area contributed by atoms with Crippen molar-refractivity contribution in [2.24, 2.45) is 7.05 Å². The lowest BCUT2D eigenvalue weighted by atomic mass is 10.1. The van der Waals surface area contributed by atoms with Crippen LogP contribution in [0.2, 0.25) is 5.02 Å². The van der Waals surface area contributed by atoms with Crippen molar-refractivity contribution < 1.29 is 9.90 Å². The maximum atomic E-state index is 11.9. The highest BCUT2D eigenvalue weighted by Gasteiger charge is 2.10. The zero-order valence-corrected chi connectivity index (χ0v) is 11.3.